The fraction of sp³-hybridized carbons (Fsp3) is 0.318. The van der Waals surface area contributed by atoms with Crippen LogP contribution in [-0.4, -0.2) is 41.1 Å². The van der Waals surface area contributed by atoms with Crippen LogP contribution in [0.4, 0.5) is 5.69 Å². The lowest BCUT2D eigenvalue weighted by Crippen LogP contribution is -2.31. The molecule has 0 aliphatic heterocycles. The first-order valence-electron chi connectivity index (χ1n) is 9.45. The van der Waals surface area contributed by atoms with Gasteiger partial charge in [-0.3, -0.25) is 9.69 Å². The van der Waals surface area contributed by atoms with Crippen molar-refractivity contribution in [2.75, 3.05) is 25.5 Å². The van der Waals surface area contributed by atoms with Crippen molar-refractivity contribution >= 4 is 11.6 Å². The van der Waals surface area contributed by atoms with Crippen LogP contribution in [-0.2, 0) is 11.2 Å². The van der Waals surface area contributed by atoms with Crippen molar-refractivity contribution in [3.05, 3.63) is 65.5 Å². The summed E-state index contributed by atoms with van der Waals surface area (Å²) in [6.45, 7) is 5.11. The SMILES string of the molecule is Cc1cccc(C)c1NC(=O)CN(C)CCCc1nc(-c2ccccc2)no1. The molecule has 6 heteroatoms. The van der Waals surface area contributed by atoms with E-state index in [-0.39, 0.29) is 5.91 Å². The molecule has 1 heterocycles. The van der Waals surface area contributed by atoms with Gasteiger partial charge in [-0.25, -0.2) is 0 Å². The maximum absolute atomic E-state index is 12.3. The smallest absolute Gasteiger partial charge is 0.238 e. The second-order valence-corrected chi connectivity index (χ2v) is 7.03. The number of likely N-dealkylation sites (N-methyl/N-ethyl adjacent to an activating group) is 1. The molecule has 1 amide bonds. The topological polar surface area (TPSA) is 71.3 Å². The second kappa shape index (κ2) is 9.28. The van der Waals surface area contributed by atoms with Crippen molar-refractivity contribution in [3.63, 3.8) is 0 Å². The van der Waals surface area contributed by atoms with Crippen LogP contribution in [0.3, 0.4) is 0 Å². The van der Waals surface area contributed by atoms with Crippen LogP contribution in [0.1, 0.15) is 23.4 Å². The molecular formula is C22H26N4O2. The van der Waals surface area contributed by atoms with Gasteiger partial charge in [-0.1, -0.05) is 53.7 Å². The third-order valence-corrected chi connectivity index (χ3v) is 4.59. The fourth-order valence-electron chi connectivity index (χ4n) is 3.08. The number of rotatable bonds is 8. The van der Waals surface area contributed by atoms with Gasteiger partial charge < -0.3 is 9.84 Å². The molecule has 0 bridgehead atoms. The summed E-state index contributed by atoms with van der Waals surface area (Å²) in [7, 11) is 1.94. The summed E-state index contributed by atoms with van der Waals surface area (Å²) in [4.78, 5) is 18.8. The molecule has 3 aromatic rings. The van der Waals surface area contributed by atoms with Gasteiger partial charge >= 0.3 is 0 Å². The Kier molecular flexibility index (Phi) is 6.55. The van der Waals surface area contributed by atoms with E-state index < -0.39 is 0 Å². The van der Waals surface area contributed by atoms with E-state index in [2.05, 4.69) is 15.5 Å². The molecule has 146 valence electrons. The number of carbonyl (C=O) groups is 1. The molecule has 1 N–H and O–H groups in total. The number of carbonyl (C=O) groups excluding carboxylic acids is 1. The van der Waals surface area contributed by atoms with E-state index in [0.29, 0.717) is 24.7 Å². The highest BCUT2D eigenvalue weighted by Gasteiger charge is 2.11. The van der Waals surface area contributed by atoms with E-state index in [0.717, 1.165) is 35.3 Å². The van der Waals surface area contributed by atoms with Crippen molar-refractivity contribution in [3.8, 4) is 11.4 Å². The molecule has 0 aliphatic carbocycles. The fourth-order valence-corrected chi connectivity index (χ4v) is 3.08. The maximum Gasteiger partial charge on any atom is 0.238 e. The van der Waals surface area contributed by atoms with Gasteiger partial charge in [-0.2, -0.15) is 4.98 Å². The van der Waals surface area contributed by atoms with Gasteiger partial charge in [0.15, 0.2) is 0 Å². The quantitative estimate of drug-likeness (QED) is 0.644. The zero-order valence-corrected chi connectivity index (χ0v) is 16.6. The van der Waals surface area contributed by atoms with Crippen molar-refractivity contribution < 1.29 is 9.32 Å². The molecule has 0 radical (unpaired) electrons. The largest absolute Gasteiger partial charge is 0.339 e. The van der Waals surface area contributed by atoms with Crippen LogP contribution in [0.25, 0.3) is 11.4 Å². The lowest BCUT2D eigenvalue weighted by Gasteiger charge is -2.17. The molecular weight excluding hydrogens is 352 g/mol. The molecule has 0 spiro atoms. The number of amides is 1. The zero-order chi connectivity index (χ0) is 19.9. The zero-order valence-electron chi connectivity index (χ0n) is 16.6. The van der Waals surface area contributed by atoms with Gasteiger partial charge in [-0.05, 0) is 45.0 Å². The molecule has 0 unspecified atom stereocenters. The summed E-state index contributed by atoms with van der Waals surface area (Å²) in [6, 6.07) is 15.8. The Morgan fingerprint density at radius 1 is 1.07 bits per heavy atom. The van der Waals surface area contributed by atoms with Gasteiger partial charge in [0.25, 0.3) is 0 Å². The number of nitrogens with zero attached hydrogens (tertiary/aromatic N) is 3. The summed E-state index contributed by atoms with van der Waals surface area (Å²) in [5, 5.41) is 7.05. The van der Waals surface area contributed by atoms with Gasteiger partial charge in [-0.15, -0.1) is 0 Å². The molecule has 0 fully saturated rings. The number of hydrogen-bond acceptors (Lipinski definition) is 5. The van der Waals surface area contributed by atoms with Crippen LogP contribution in [0.15, 0.2) is 53.1 Å². The molecule has 0 saturated carbocycles. The van der Waals surface area contributed by atoms with Crippen LogP contribution >= 0.6 is 0 Å². The van der Waals surface area contributed by atoms with E-state index in [4.69, 9.17) is 4.52 Å². The van der Waals surface area contributed by atoms with Crippen LogP contribution in [0.5, 0.6) is 0 Å². The van der Waals surface area contributed by atoms with E-state index in [9.17, 15) is 4.79 Å². The van der Waals surface area contributed by atoms with Crippen molar-refractivity contribution in [1.29, 1.82) is 0 Å². The van der Waals surface area contributed by atoms with Gasteiger partial charge in [0.1, 0.15) is 0 Å². The highest BCUT2D eigenvalue weighted by molar-refractivity contribution is 5.93. The summed E-state index contributed by atoms with van der Waals surface area (Å²) < 4.78 is 5.33. The highest BCUT2D eigenvalue weighted by Crippen LogP contribution is 2.19. The lowest BCUT2D eigenvalue weighted by molar-refractivity contribution is -0.117. The minimum absolute atomic E-state index is 0.0101. The molecule has 6 nitrogen and oxygen atoms in total. The minimum Gasteiger partial charge on any atom is -0.339 e. The van der Waals surface area contributed by atoms with E-state index in [1.54, 1.807) is 0 Å². The Morgan fingerprint density at radius 2 is 1.79 bits per heavy atom. The van der Waals surface area contributed by atoms with E-state index in [1.807, 2.05) is 74.3 Å². The van der Waals surface area contributed by atoms with Gasteiger partial charge in [0.05, 0.1) is 6.54 Å². The highest BCUT2D eigenvalue weighted by atomic mass is 16.5. The number of anilines is 1. The second-order valence-electron chi connectivity index (χ2n) is 7.03. The monoisotopic (exact) mass is 378 g/mol. The van der Waals surface area contributed by atoms with Crippen LogP contribution < -0.4 is 5.32 Å². The van der Waals surface area contributed by atoms with Crippen molar-refractivity contribution in [2.45, 2.75) is 26.7 Å². The first-order chi connectivity index (χ1) is 13.5. The number of hydrogen-bond donors (Lipinski definition) is 1. The number of aromatic nitrogens is 2. The average Bonchev–Trinajstić information content (AvgIpc) is 3.14. The van der Waals surface area contributed by atoms with E-state index in [1.165, 1.54) is 0 Å². The van der Waals surface area contributed by atoms with Crippen molar-refractivity contribution in [1.82, 2.24) is 15.0 Å². The summed E-state index contributed by atoms with van der Waals surface area (Å²) in [5.74, 6) is 1.22. The Labute approximate surface area is 165 Å². The number of benzene rings is 2. The normalized spacial score (nSPS) is 11.0. The first kappa shape index (κ1) is 19.8. The third kappa shape index (κ3) is 5.27. The van der Waals surface area contributed by atoms with Crippen molar-refractivity contribution in [2.24, 2.45) is 0 Å². The third-order valence-electron chi connectivity index (χ3n) is 4.59. The summed E-state index contributed by atoms with van der Waals surface area (Å²) in [6.07, 6.45) is 1.52. The van der Waals surface area contributed by atoms with Gasteiger partial charge in [0, 0.05) is 17.7 Å². The predicted octanol–water partition coefficient (Wildman–Crippen LogP) is 3.86. The number of para-hydroxylation sites is 1. The number of aryl methyl sites for hydroxylation is 3. The Bertz CT molecular complexity index is 901. The molecule has 2 aromatic carbocycles. The number of nitrogens with one attached hydrogen (secondary N) is 1. The van der Waals surface area contributed by atoms with E-state index >= 15 is 0 Å². The molecule has 0 atom stereocenters. The lowest BCUT2D eigenvalue weighted by atomic mass is 10.1. The molecule has 3 rings (SSSR count). The molecule has 0 saturated heterocycles. The molecule has 0 aliphatic rings. The Balaban J connectivity index is 1.44. The van der Waals surface area contributed by atoms with Crippen LogP contribution in [0.2, 0.25) is 0 Å². The molecule has 1 aromatic heterocycles. The average molecular weight is 378 g/mol. The summed E-state index contributed by atoms with van der Waals surface area (Å²) >= 11 is 0. The molecule has 28 heavy (non-hydrogen) atoms. The summed E-state index contributed by atoms with van der Waals surface area (Å²) in [5.41, 5.74) is 3.99. The Hall–Kier alpha value is -2.99. The first-order valence-corrected chi connectivity index (χ1v) is 9.45. The van der Waals surface area contributed by atoms with Crippen LogP contribution in [0, 0.1) is 13.8 Å². The minimum atomic E-state index is -0.0101. The Morgan fingerprint density at radius 3 is 2.50 bits per heavy atom. The standard InChI is InChI=1S/C22H26N4O2/c1-16-9-7-10-17(2)21(16)23-19(27)15-26(3)14-8-13-20-24-22(25-28-20)18-11-5-4-6-12-18/h4-7,9-12H,8,13-15H2,1-3H3,(H,23,27). The van der Waals surface area contributed by atoms with Gasteiger partial charge in [0.2, 0.25) is 17.6 Å². The predicted molar refractivity (Wildman–Crippen MR) is 110 cm³/mol. The maximum atomic E-state index is 12.3.